The Morgan fingerprint density at radius 2 is 0.953 bits per heavy atom. The molecule has 212 valence electrons. The van der Waals surface area contributed by atoms with Gasteiger partial charge in [0.25, 0.3) is 0 Å². The zero-order chi connectivity index (χ0) is 30.1. The van der Waals surface area contributed by atoms with Crippen LogP contribution in [-0.2, 0) is 6.54 Å². The normalized spacial score (nSPS) is 10.2. The van der Waals surface area contributed by atoms with Gasteiger partial charge in [-0.1, -0.05) is 96.2 Å². The van der Waals surface area contributed by atoms with Crippen molar-refractivity contribution < 1.29 is 10.0 Å². The molecule has 0 saturated heterocycles. The summed E-state index contributed by atoms with van der Waals surface area (Å²) in [5.74, 6) is 0. The van der Waals surface area contributed by atoms with E-state index < -0.39 is 0 Å². The maximum Gasteiger partial charge on any atom is 0.150 e. The molecule has 3 aromatic carbocycles. The fourth-order valence-electron chi connectivity index (χ4n) is 3.95. The molecule has 0 aliphatic rings. The van der Waals surface area contributed by atoms with Gasteiger partial charge in [0, 0.05) is 47.4 Å². The molecule has 7 nitrogen and oxygen atoms in total. The number of pyridine rings is 3. The lowest BCUT2D eigenvalue weighted by Gasteiger charge is -2.01. The van der Waals surface area contributed by atoms with Crippen molar-refractivity contribution >= 4 is 12.5 Å². The van der Waals surface area contributed by atoms with Crippen LogP contribution >= 0.6 is 0 Å². The minimum Gasteiger partial charge on any atom is -0.411 e. The summed E-state index contributed by atoms with van der Waals surface area (Å²) in [4.78, 5) is 23.2. The van der Waals surface area contributed by atoms with Crippen LogP contribution in [0.3, 0.4) is 0 Å². The van der Waals surface area contributed by atoms with Gasteiger partial charge < -0.3 is 10.9 Å². The number of hydrogen-bond donors (Lipinski definition) is 2. The molecular formula is C36H31N5O2. The first-order valence-electron chi connectivity index (χ1n) is 13.6. The zero-order valence-corrected chi connectivity index (χ0v) is 23.4. The van der Waals surface area contributed by atoms with E-state index in [1.54, 1.807) is 30.7 Å². The summed E-state index contributed by atoms with van der Waals surface area (Å²) < 4.78 is 0. The fourth-order valence-corrected chi connectivity index (χ4v) is 3.95. The molecule has 0 saturated carbocycles. The lowest BCUT2D eigenvalue weighted by atomic mass is 10.1. The Kier molecular flexibility index (Phi) is 11.6. The molecule has 0 amide bonds. The highest BCUT2D eigenvalue weighted by molar-refractivity contribution is 5.80. The lowest BCUT2D eigenvalue weighted by Crippen LogP contribution is -1.95. The van der Waals surface area contributed by atoms with E-state index in [1.807, 2.05) is 115 Å². The van der Waals surface area contributed by atoms with Gasteiger partial charge in [-0.15, -0.1) is 0 Å². The van der Waals surface area contributed by atoms with E-state index in [0.29, 0.717) is 12.1 Å². The molecular weight excluding hydrogens is 534 g/mol. The van der Waals surface area contributed by atoms with Crippen LogP contribution in [0.15, 0.2) is 151 Å². The molecule has 3 N–H and O–H groups in total. The van der Waals surface area contributed by atoms with E-state index >= 15 is 0 Å². The molecule has 0 atom stereocenters. The first kappa shape index (κ1) is 30.2. The standard InChI is InChI=1S/C12H10N2O.C12H12N2.C12H9NO/c15-14-9-10-4-6-11(7-5-10)12-3-1-2-8-13-12;13-9-10-4-6-11(7-5-10)12-3-1-2-8-14-12;14-9-10-4-6-11(7-5-10)12-3-1-2-8-13-12/h1-9,15H;1-8H,9,13H2;1-9H/b14-9+;;. The number of carbonyl (C=O) groups is 1. The van der Waals surface area contributed by atoms with Crippen LogP contribution in [0.25, 0.3) is 33.8 Å². The van der Waals surface area contributed by atoms with Crippen molar-refractivity contribution in [2.45, 2.75) is 6.54 Å². The van der Waals surface area contributed by atoms with Crippen LogP contribution in [0, 0.1) is 0 Å². The minimum atomic E-state index is 0.586. The van der Waals surface area contributed by atoms with E-state index in [-0.39, 0.29) is 0 Å². The molecule has 0 aliphatic carbocycles. The first-order valence-corrected chi connectivity index (χ1v) is 13.6. The number of benzene rings is 3. The third-order valence-electron chi connectivity index (χ3n) is 6.24. The van der Waals surface area contributed by atoms with Crippen molar-refractivity contribution in [3.05, 3.63) is 163 Å². The van der Waals surface area contributed by atoms with Crippen molar-refractivity contribution in [1.82, 2.24) is 15.0 Å². The Bertz CT molecular complexity index is 1680. The third kappa shape index (κ3) is 9.38. The van der Waals surface area contributed by atoms with E-state index in [4.69, 9.17) is 10.9 Å². The predicted molar refractivity (Wildman–Crippen MR) is 172 cm³/mol. The summed E-state index contributed by atoms with van der Waals surface area (Å²) >= 11 is 0. The molecule has 7 heteroatoms. The van der Waals surface area contributed by atoms with Gasteiger partial charge in [0.1, 0.15) is 6.29 Å². The highest BCUT2D eigenvalue weighted by Crippen LogP contribution is 2.18. The molecule has 3 aromatic heterocycles. The van der Waals surface area contributed by atoms with Gasteiger partial charge in [-0.2, -0.15) is 0 Å². The summed E-state index contributed by atoms with van der Waals surface area (Å²) in [7, 11) is 0. The van der Waals surface area contributed by atoms with Crippen LogP contribution in [-0.4, -0.2) is 32.7 Å². The second-order valence-corrected chi connectivity index (χ2v) is 9.15. The molecule has 0 unspecified atom stereocenters. The van der Waals surface area contributed by atoms with Gasteiger partial charge in [-0.3, -0.25) is 19.7 Å². The Labute approximate surface area is 251 Å². The number of rotatable bonds is 6. The summed E-state index contributed by atoms with van der Waals surface area (Å²) in [5.41, 5.74) is 14.3. The number of nitrogens with two attached hydrogens (primary N) is 1. The van der Waals surface area contributed by atoms with Crippen LogP contribution < -0.4 is 5.73 Å². The van der Waals surface area contributed by atoms with Gasteiger partial charge >= 0.3 is 0 Å². The number of hydrogen-bond acceptors (Lipinski definition) is 7. The molecule has 0 bridgehead atoms. The number of oxime groups is 1. The monoisotopic (exact) mass is 565 g/mol. The minimum absolute atomic E-state index is 0.586. The largest absolute Gasteiger partial charge is 0.411 e. The smallest absolute Gasteiger partial charge is 0.150 e. The molecule has 43 heavy (non-hydrogen) atoms. The number of aromatic nitrogens is 3. The fraction of sp³-hybridized carbons (Fsp3) is 0.0278. The van der Waals surface area contributed by atoms with Crippen LogP contribution in [0.4, 0.5) is 0 Å². The quantitative estimate of drug-likeness (QED) is 0.0946. The van der Waals surface area contributed by atoms with Crippen molar-refractivity contribution in [2.75, 3.05) is 0 Å². The number of carbonyl (C=O) groups excluding carboxylic acids is 1. The Balaban J connectivity index is 0.000000148. The van der Waals surface area contributed by atoms with Crippen molar-refractivity contribution in [2.24, 2.45) is 10.9 Å². The van der Waals surface area contributed by atoms with Gasteiger partial charge in [0.15, 0.2) is 0 Å². The predicted octanol–water partition coefficient (Wildman–Crippen LogP) is 7.33. The van der Waals surface area contributed by atoms with Gasteiger partial charge in [-0.05, 0) is 47.5 Å². The molecule has 0 aliphatic heterocycles. The average molecular weight is 566 g/mol. The molecule has 0 radical (unpaired) electrons. The SMILES string of the molecule is NCc1ccc(-c2ccccn2)cc1.O/N=C/c1ccc(-c2ccccn2)cc1.O=Cc1ccc(-c2ccccn2)cc1. The highest BCUT2D eigenvalue weighted by atomic mass is 16.4. The summed E-state index contributed by atoms with van der Waals surface area (Å²) in [5, 5.41) is 11.3. The summed E-state index contributed by atoms with van der Waals surface area (Å²) in [6.45, 7) is 0.586. The summed E-state index contributed by atoms with van der Waals surface area (Å²) in [6.07, 6.45) is 7.54. The first-order chi connectivity index (χ1) is 21.2. The van der Waals surface area contributed by atoms with Crippen LogP contribution in [0.2, 0.25) is 0 Å². The number of nitrogens with zero attached hydrogens (tertiary/aromatic N) is 4. The molecule has 3 heterocycles. The maximum absolute atomic E-state index is 10.4. The lowest BCUT2D eigenvalue weighted by molar-refractivity contribution is 0.112. The molecule has 0 fully saturated rings. The van der Waals surface area contributed by atoms with Crippen LogP contribution in [0.5, 0.6) is 0 Å². The van der Waals surface area contributed by atoms with Crippen molar-refractivity contribution in [1.29, 1.82) is 0 Å². The van der Waals surface area contributed by atoms with E-state index in [1.165, 1.54) is 6.21 Å². The zero-order valence-electron chi connectivity index (χ0n) is 23.4. The van der Waals surface area contributed by atoms with Gasteiger partial charge in [-0.25, -0.2) is 0 Å². The van der Waals surface area contributed by atoms with Crippen molar-refractivity contribution in [3.8, 4) is 33.8 Å². The second kappa shape index (κ2) is 16.5. The Morgan fingerprint density at radius 1 is 0.558 bits per heavy atom. The van der Waals surface area contributed by atoms with Crippen LogP contribution in [0.1, 0.15) is 21.5 Å². The van der Waals surface area contributed by atoms with Gasteiger partial charge in [0.05, 0.1) is 23.3 Å². The molecule has 6 aromatic rings. The van der Waals surface area contributed by atoms with E-state index in [0.717, 1.165) is 51.2 Å². The molecule has 6 rings (SSSR count). The van der Waals surface area contributed by atoms with E-state index in [9.17, 15) is 4.79 Å². The van der Waals surface area contributed by atoms with E-state index in [2.05, 4.69) is 20.1 Å². The molecule has 0 spiro atoms. The topological polar surface area (TPSA) is 114 Å². The average Bonchev–Trinajstić information content (AvgIpc) is 3.10. The summed E-state index contributed by atoms with van der Waals surface area (Å²) in [6, 6.07) is 40.6. The second-order valence-electron chi connectivity index (χ2n) is 9.15. The highest BCUT2D eigenvalue weighted by Gasteiger charge is 1.99. The maximum atomic E-state index is 10.4. The van der Waals surface area contributed by atoms with Gasteiger partial charge in [0.2, 0.25) is 0 Å². The van der Waals surface area contributed by atoms with Crippen molar-refractivity contribution in [3.63, 3.8) is 0 Å². The Hall–Kier alpha value is -5.79. The Morgan fingerprint density at radius 3 is 1.28 bits per heavy atom. The third-order valence-corrected chi connectivity index (χ3v) is 6.24. The number of aldehydes is 1.